The van der Waals surface area contributed by atoms with E-state index in [2.05, 4.69) is 10.4 Å². The molecule has 0 saturated heterocycles. The predicted molar refractivity (Wildman–Crippen MR) is 102 cm³/mol. The number of carbonyl (C=O) groups is 1. The fourth-order valence-electron chi connectivity index (χ4n) is 2.41. The van der Waals surface area contributed by atoms with Crippen molar-refractivity contribution in [2.75, 3.05) is 19.5 Å². The lowest BCUT2D eigenvalue weighted by atomic mass is 10.2. The summed E-state index contributed by atoms with van der Waals surface area (Å²) in [6.45, 7) is 0. The minimum Gasteiger partial charge on any atom is -0.497 e. The summed E-state index contributed by atoms with van der Waals surface area (Å²) in [6, 6.07) is 13.1. The fraction of sp³-hybridized carbons (Fsp3) is 0.105. The van der Waals surface area contributed by atoms with E-state index < -0.39 is 11.3 Å². The Morgan fingerprint density at radius 1 is 1.11 bits per heavy atom. The van der Waals surface area contributed by atoms with Crippen molar-refractivity contribution in [3.63, 3.8) is 0 Å². The molecule has 3 rings (SSSR count). The molecule has 1 heterocycles. The molecule has 2 aromatic carbocycles. The van der Waals surface area contributed by atoms with Crippen molar-refractivity contribution >= 4 is 23.2 Å². The summed E-state index contributed by atoms with van der Waals surface area (Å²) in [6.07, 6.45) is 1.47. The molecule has 7 nitrogen and oxygen atoms in total. The number of amides is 1. The van der Waals surface area contributed by atoms with Gasteiger partial charge in [-0.3, -0.25) is 9.59 Å². The molecule has 0 spiro atoms. The molecule has 1 aromatic heterocycles. The molecule has 0 atom stereocenters. The minimum atomic E-state index is -0.653. The van der Waals surface area contributed by atoms with Crippen molar-refractivity contribution < 1.29 is 14.3 Å². The average Bonchev–Trinajstić information content (AvgIpc) is 2.68. The Morgan fingerprint density at radius 2 is 1.93 bits per heavy atom. The Hall–Kier alpha value is -3.32. The van der Waals surface area contributed by atoms with Crippen molar-refractivity contribution in [2.45, 2.75) is 0 Å². The number of hydrogen-bond acceptors (Lipinski definition) is 5. The standard InChI is InChI=1S/C19H16ClN3O4/c1-26-14-6-7-15(17(11-14)27-2)21-19(25)18-16(24)8-9-23(22-18)13-5-3-4-12(20)10-13/h3-11H,1-2H3,(H,21,25). The first-order chi connectivity index (χ1) is 13.0. The van der Waals surface area contributed by atoms with Crippen molar-refractivity contribution in [3.8, 4) is 17.2 Å². The van der Waals surface area contributed by atoms with Crippen molar-refractivity contribution in [2.24, 2.45) is 0 Å². The molecule has 0 bridgehead atoms. The number of nitrogens with one attached hydrogen (secondary N) is 1. The molecular weight excluding hydrogens is 370 g/mol. The number of rotatable bonds is 5. The molecule has 0 aliphatic heterocycles. The van der Waals surface area contributed by atoms with Gasteiger partial charge in [-0.25, -0.2) is 4.68 Å². The molecule has 0 radical (unpaired) electrons. The number of anilines is 1. The molecular formula is C19H16ClN3O4. The number of benzene rings is 2. The van der Waals surface area contributed by atoms with E-state index >= 15 is 0 Å². The quantitative estimate of drug-likeness (QED) is 0.729. The summed E-state index contributed by atoms with van der Waals surface area (Å²) < 4.78 is 11.8. The fourth-order valence-corrected chi connectivity index (χ4v) is 2.60. The number of nitrogens with zero attached hydrogens (tertiary/aromatic N) is 2. The molecule has 0 aliphatic rings. The molecule has 138 valence electrons. The first-order valence-electron chi connectivity index (χ1n) is 7.91. The number of carbonyl (C=O) groups excluding carboxylic acids is 1. The summed E-state index contributed by atoms with van der Waals surface area (Å²) >= 11 is 5.99. The maximum absolute atomic E-state index is 12.6. The third-order valence-corrected chi connectivity index (χ3v) is 3.99. The smallest absolute Gasteiger partial charge is 0.280 e. The zero-order chi connectivity index (χ0) is 19.4. The second-order valence-electron chi connectivity index (χ2n) is 5.47. The van der Waals surface area contributed by atoms with Crippen LogP contribution in [-0.2, 0) is 0 Å². The number of halogens is 1. The van der Waals surface area contributed by atoms with Gasteiger partial charge in [0.05, 0.1) is 25.6 Å². The van der Waals surface area contributed by atoms with E-state index in [0.717, 1.165) is 0 Å². The molecule has 0 unspecified atom stereocenters. The first kappa shape index (κ1) is 18.5. The zero-order valence-electron chi connectivity index (χ0n) is 14.6. The van der Waals surface area contributed by atoms with Crippen LogP contribution in [0.3, 0.4) is 0 Å². The first-order valence-corrected chi connectivity index (χ1v) is 8.29. The van der Waals surface area contributed by atoms with E-state index in [0.29, 0.717) is 27.9 Å². The van der Waals surface area contributed by atoms with Gasteiger partial charge in [0.15, 0.2) is 5.69 Å². The maximum atomic E-state index is 12.6. The van der Waals surface area contributed by atoms with Crippen LogP contribution in [0.2, 0.25) is 5.02 Å². The third kappa shape index (κ3) is 4.09. The topological polar surface area (TPSA) is 82.5 Å². The van der Waals surface area contributed by atoms with E-state index in [1.165, 1.54) is 31.2 Å². The van der Waals surface area contributed by atoms with Gasteiger partial charge in [-0.05, 0) is 30.3 Å². The monoisotopic (exact) mass is 385 g/mol. The van der Waals surface area contributed by atoms with E-state index in [1.54, 1.807) is 42.5 Å². The molecule has 1 amide bonds. The van der Waals surface area contributed by atoms with Gasteiger partial charge in [0, 0.05) is 23.4 Å². The number of ether oxygens (including phenoxy) is 2. The van der Waals surface area contributed by atoms with E-state index in [1.807, 2.05) is 0 Å². The lowest BCUT2D eigenvalue weighted by Crippen LogP contribution is -2.25. The minimum absolute atomic E-state index is 0.254. The largest absolute Gasteiger partial charge is 0.497 e. The molecule has 0 aliphatic carbocycles. The lowest BCUT2D eigenvalue weighted by molar-refractivity contribution is 0.101. The van der Waals surface area contributed by atoms with E-state index in [9.17, 15) is 9.59 Å². The van der Waals surface area contributed by atoms with Gasteiger partial charge < -0.3 is 14.8 Å². The third-order valence-electron chi connectivity index (χ3n) is 3.75. The van der Waals surface area contributed by atoms with Crippen LogP contribution in [0.4, 0.5) is 5.69 Å². The van der Waals surface area contributed by atoms with Crippen LogP contribution < -0.4 is 20.2 Å². The molecule has 27 heavy (non-hydrogen) atoms. The van der Waals surface area contributed by atoms with Crippen LogP contribution in [0.1, 0.15) is 10.5 Å². The Labute approximate surface area is 160 Å². The Balaban J connectivity index is 1.93. The van der Waals surface area contributed by atoms with Gasteiger partial charge in [0.1, 0.15) is 11.5 Å². The highest BCUT2D eigenvalue weighted by Gasteiger charge is 2.16. The Kier molecular flexibility index (Phi) is 5.42. The highest BCUT2D eigenvalue weighted by Crippen LogP contribution is 2.29. The van der Waals surface area contributed by atoms with Gasteiger partial charge in [0.25, 0.3) is 5.91 Å². The van der Waals surface area contributed by atoms with Gasteiger partial charge in [-0.2, -0.15) is 5.10 Å². The van der Waals surface area contributed by atoms with Crippen LogP contribution in [0.25, 0.3) is 5.69 Å². The van der Waals surface area contributed by atoms with Gasteiger partial charge in [0.2, 0.25) is 5.43 Å². The molecule has 1 N–H and O–H groups in total. The van der Waals surface area contributed by atoms with Crippen LogP contribution in [0.5, 0.6) is 11.5 Å². The highest BCUT2D eigenvalue weighted by molar-refractivity contribution is 6.30. The molecule has 0 fully saturated rings. The second-order valence-corrected chi connectivity index (χ2v) is 5.91. The second kappa shape index (κ2) is 7.92. The van der Waals surface area contributed by atoms with Gasteiger partial charge in [-0.15, -0.1) is 0 Å². The molecule has 0 saturated carbocycles. The van der Waals surface area contributed by atoms with Crippen LogP contribution in [0.15, 0.2) is 59.5 Å². The van der Waals surface area contributed by atoms with Crippen LogP contribution in [-0.4, -0.2) is 29.9 Å². The Bertz CT molecular complexity index is 1050. The number of hydrogen-bond donors (Lipinski definition) is 1. The summed E-state index contributed by atoms with van der Waals surface area (Å²) in [5.41, 5.74) is 0.259. The Morgan fingerprint density at radius 3 is 2.63 bits per heavy atom. The highest BCUT2D eigenvalue weighted by atomic mass is 35.5. The predicted octanol–water partition coefficient (Wildman–Crippen LogP) is 3.16. The van der Waals surface area contributed by atoms with E-state index in [-0.39, 0.29) is 5.69 Å². The van der Waals surface area contributed by atoms with Gasteiger partial charge >= 0.3 is 0 Å². The summed E-state index contributed by atoms with van der Waals surface area (Å²) in [5, 5.41) is 7.29. The average molecular weight is 386 g/mol. The number of methoxy groups -OCH3 is 2. The van der Waals surface area contributed by atoms with Crippen LogP contribution in [0, 0.1) is 0 Å². The van der Waals surface area contributed by atoms with Gasteiger partial charge in [-0.1, -0.05) is 17.7 Å². The molecule has 3 aromatic rings. The van der Waals surface area contributed by atoms with Crippen molar-refractivity contribution in [3.05, 3.63) is 75.7 Å². The summed E-state index contributed by atoms with van der Waals surface area (Å²) in [5.74, 6) is 0.319. The van der Waals surface area contributed by atoms with E-state index in [4.69, 9.17) is 21.1 Å². The summed E-state index contributed by atoms with van der Waals surface area (Å²) in [7, 11) is 3.00. The van der Waals surface area contributed by atoms with Crippen molar-refractivity contribution in [1.82, 2.24) is 9.78 Å². The zero-order valence-corrected chi connectivity index (χ0v) is 15.4. The SMILES string of the molecule is COc1ccc(NC(=O)c2nn(-c3cccc(Cl)c3)ccc2=O)c(OC)c1. The lowest BCUT2D eigenvalue weighted by Gasteiger charge is -2.12. The van der Waals surface area contributed by atoms with Crippen molar-refractivity contribution in [1.29, 1.82) is 0 Å². The normalized spacial score (nSPS) is 10.3. The molecule has 8 heteroatoms. The number of aromatic nitrogens is 2. The maximum Gasteiger partial charge on any atom is 0.280 e. The van der Waals surface area contributed by atoms with Crippen LogP contribution >= 0.6 is 11.6 Å². The summed E-state index contributed by atoms with van der Waals surface area (Å²) in [4.78, 5) is 24.8.